The van der Waals surface area contributed by atoms with Crippen LogP contribution < -0.4 is 15.6 Å². The third-order valence-corrected chi connectivity index (χ3v) is 3.50. The minimum absolute atomic E-state index is 0.232. The summed E-state index contributed by atoms with van der Waals surface area (Å²) in [5, 5.41) is 11.4. The molecule has 0 saturated carbocycles. The molecule has 3 N–H and O–H groups in total. The number of carbonyl (C=O) groups excluding carboxylic acids is 1. The Hall–Kier alpha value is -3.09. The van der Waals surface area contributed by atoms with Crippen LogP contribution in [0.1, 0.15) is 35.5 Å². The first-order chi connectivity index (χ1) is 12.3. The van der Waals surface area contributed by atoms with Gasteiger partial charge >= 0.3 is 5.97 Å². The maximum atomic E-state index is 12.3. The molecule has 0 radical (unpaired) electrons. The Labute approximate surface area is 151 Å². The molecule has 0 spiro atoms. The van der Waals surface area contributed by atoms with Crippen LogP contribution in [0.2, 0.25) is 0 Å². The zero-order valence-corrected chi connectivity index (χ0v) is 14.7. The summed E-state index contributed by atoms with van der Waals surface area (Å²) >= 11 is 0. The SMILES string of the molecule is CC(C)Cc1cc(C(=O)NCc2cccc(OCC(=O)O)c2)cc(=O)[nH]1. The molecular weight excluding hydrogens is 336 g/mol. The molecule has 138 valence electrons. The summed E-state index contributed by atoms with van der Waals surface area (Å²) in [4.78, 5) is 37.4. The molecule has 0 saturated heterocycles. The fourth-order valence-corrected chi connectivity index (χ4v) is 2.46. The van der Waals surface area contributed by atoms with E-state index in [9.17, 15) is 14.4 Å². The molecule has 0 aliphatic rings. The van der Waals surface area contributed by atoms with E-state index in [1.807, 2.05) is 13.8 Å². The van der Waals surface area contributed by atoms with Gasteiger partial charge in [0.05, 0.1) is 0 Å². The van der Waals surface area contributed by atoms with Gasteiger partial charge in [-0.1, -0.05) is 26.0 Å². The standard InChI is InChI=1S/C19H22N2O5/c1-12(2)6-15-8-14(9-17(22)21-15)19(25)20-10-13-4-3-5-16(7-13)26-11-18(23)24/h3-5,7-9,12H,6,10-11H2,1-2H3,(H,20,25)(H,21,22)(H,23,24). The number of aromatic amines is 1. The molecule has 0 fully saturated rings. The van der Waals surface area contributed by atoms with Crippen molar-refractivity contribution in [3.05, 3.63) is 63.6 Å². The number of carbonyl (C=O) groups is 2. The van der Waals surface area contributed by atoms with Gasteiger partial charge in [0.1, 0.15) is 5.75 Å². The van der Waals surface area contributed by atoms with Crippen LogP contribution in [0, 0.1) is 5.92 Å². The highest BCUT2D eigenvalue weighted by atomic mass is 16.5. The molecule has 1 aromatic carbocycles. The second-order valence-corrected chi connectivity index (χ2v) is 6.37. The van der Waals surface area contributed by atoms with Crippen molar-refractivity contribution < 1.29 is 19.4 Å². The van der Waals surface area contributed by atoms with E-state index in [-0.39, 0.29) is 18.0 Å². The molecule has 26 heavy (non-hydrogen) atoms. The van der Waals surface area contributed by atoms with Crippen molar-refractivity contribution >= 4 is 11.9 Å². The number of hydrogen-bond donors (Lipinski definition) is 3. The highest BCUT2D eigenvalue weighted by Crippen LogP contribution is 2.13. The van der Waals surface area contributed by atoms with Crippen LogP contribution in [0.5, 0.6) is 5.75 Å². The number of carboxylic acids is 1. The maximum Gasteiger partial charge on any atom is 0.341 e. The molecule has 0 atom stereocenters. The number of nitrogens with one attached hydrogen (secondary N) is 2. The number of benzene rings is 1. The lowest BCUT2D eigenvalue weighted by Crippen LogP contribution is -2.25. The Morgan fingerprint density at radius 3 is 2.69 bits per heavy atom. The highest BCUT2D eigenvalue weighted by molar-refractivity contribution is 5.94. The van der Waals surface area contributed by atoms with Crippen LogP contribution >= 0.6 is 0 Å². The third kappa shape index (κ3) is 6.08. The zero-order chi connectivity index (χ0) is 19.1. The Kier molecular flexibility index (Phi) is 6.54. The van der Waals surface area contributed by atoms with Gasteiger partial charge in [-0.15, -0.1) is 0 Å². The highest BCUT2D eigenvalue weighted by Gasteiger charge is 2.10. The van der Waals surface area contributed by atoms with E-state index < -0.39 is 12.6 Å². The lowest BCUT2D eigenvalue weighted by Gasteiger charge is -2.09. The summed E-state index contributed by atoms with van der Waals surface area (Å²) in [5.41, 5.74) is 1.48. The number of pyridine rings is 1. The molecular formula is C19H22N2O5. The summed E-state index contributed by atoms with van der Waals surface area (Å²) in [5.74, 6) is -0.639. The number of carboxylic acid groups (broad SMARTS) is 1. The van der Waals surface area contributed by atoms with Gasteiger partial charge in [-0.25, -0.2) is 4.79 Å². The van der Waals surface area contributed by atoms with Gasteiger partial charge in [0.25, 0.3) is 5.91 Å². The summed E-state index contributed by atoms with van der Waals surface area (Å²) in [6.07, 6.45) is 0.680. The minimum atomic E-state index is -1.06. The number of hydrogen-bond acceptors (Lipinski definition) is 4. The summed E-state index contributed by atoms with van der Waals surface area (Å²) in [7, 11) is 0. The zero-order valence-electron chi connectivity index (χ0n) is 14.7. The van der Waals surface area contributed by atoms with Gasteiger partial charge in [0.15, 0.2) is 6.61 Å². The third-order valence-electron chi connectivity index (χ3n) is 3.50. The number of aliphatic carboxylic acids is 1. The Morgan fingerprint density at radius 2 is 2.00 bits per heavy atom. The number of ether oxygens (including phenoxy) is 1. The van der Waals surface area contributed by atoms with Gasteiger partial charge in [-0.05, 0) is 36.1 Å². The van der Waals surface area contributed by atoms with E-state index in [1.54, 1.807) is 30.3 Å². The van der Waals surface area contributed by atoms with Crippen molar-refractivity contribution in [1.29, 1.82) is 0 Å². The second kappa shape index (κ2) is 8.84. The first-order valence-corrected chi connectivity index (χ1v) is 8.28. The first-order valence-electron chi connectivity index (χ1n) is 8.28. The molecule has 2 rings (SSSR count). The largest absolute Gasteiger partial charge is 0.482 e. The molecule has 0 unspecified atom stereocenters. The van der Waals surface area contributed by atoms with Crippen molar-refractivity contribution in [1.82, 2.24) is 10.3 Å². The summed E-state index contributed by atoms with van der Waals surface area (Å²) in [6.45, 7) is 3.87. The van der Waals surface area contributed by atoms with Crippen LogP contribution in [-0.2, 0) is 17.8 Å². The van der Waals surface area contributed by atoms with Crippen molar-refractivity contribution in [3.8, 4) is 5.75 Å². The summed E-state index contributed by atoms with van der Waals surface area (Å²) < 4.78 is 5.11. The molecule has 1 heterocycles. The number of amides is 1. The van der Waals surface area contributed by atoms with E-state index in [4.69, 9.17) is 9.84 Å². The Balaban J connectivity index is 2.02. The van der Waals surface area contributed by atoms with Crippen molar-refractivity contribution in [2.24, 2.45) is 5.92 Å². The fourth-order valence-electron chi connectivity index (χ4n) is 2.46. The van der Waals surface area contributed by atoms with E-state index in [0.717, 1.165) is 11.3 Å². The average molecular weight is 358 g/mol. The van der Waals surface area contributed by atoms with Crippen LogP contribution in [-0.4, -0.2) is 28.6 Å². The summed E-state index contributed by atoms with van der Waals surface area (Å²) in [6, 6.07) is 9.76. The minimum Gasteiger partial charge on any atom is -0.482 e. The molecule has 1 amide bonds. The predicted molar refractivity (Wildman–Crippen MR) is 96.3 cm³/mol. The maximum absolute atomic E-state index is 12.3. The molecule has 7 heteroatoms. The van der Waals surface area contributed by atoms with Crippen LogP contribution in [0.4, 0.5) is 0 Å². The van der Waals surface area contributed by atoms with Gasteiger partial charge in [-0.2, -0.15) is 0 Å². The Morgan fingerprint density at radius 1 is 1.23 bits per heavy atom. The fraction of sp³-hybridized carbons (Fsp3) is 0.316. The lowest BCUT2D eigenvalue weighted by atomic mass is 10.1. The number of H-pyrrole nitrogens is 1. The number of rotatable bonds is 8. The normalized spacial score (nSPS) is 10.6. The van der Waals surface area contributed by atoms with E-state index in [1.165, 1.54) is 6.07 Å². The van der Waals surface area contributed by atoms with E-state index >= 15 is 0 Å². The molecule has 7 nitrogen and oxygen atoms in total. The van der Waals surface area contributed by atoms with Crippen LogP contribution in [0.15, 0.2) is 41.2 Å². The van der Waals surface area contributed by atoms with Gasteiger partial charge in [-0.3, -0.25) is 9.59 Å². The van der Waals surface area contributed by atoms with Crippen molar-refractivity contribution in [2.45, 2.75) is 26.8 Å². The quantitative estimate of drug-likeness (QED) is 0.668. The van der Waals surface area contributed by atoms with Gasteiger partial charge in [0.2, 0.25) is 5.56 Å². The molecule has 0 aliphatic carbocycles. The topological polar surface area (TPSA) is 108 Å². The molecule has 2 aromatic rings. The van der Waals surface area contributed by atoms with E-state index in [0.29, 0.717) is 23.7 Å². The average Bonchev–Trinajstić information content (AvgIpc) is 2.57. The lowest BCUT2D eigenvalue weighted by molar-refractivity contribution is -0.139. The Bertz CT molecular complexity index is 842. The monoisotopic (exact) mass is 358 g/mol. The van der Waals surface area contributed by atoms with Crippen LogP contribution in [0.25, 0.3) is 0 Å². The van der Waals surface area contributed by atoms with Gasteiger partial charge < -0.3 is 20.1 Å². The van der Waals surface area contributed by atoms with Gasteiger partial charge in [0, 0.05) is 23.9 Å². The molecule has 0 aliphatic heterocycles. The van der Waals surface area contributed by atoms with E-state index in [2.05, 4.69) is 10.3 Å². The number of aromatic nitrogens is 1. The van der Waals surface area contributed by atoms with Crippen LogP contribution in [0.3, 0.4) is 0 Å². The smallest absolute Gasteiger partial charge is 0.341 e. The second-order valence-electron chi connectivity index (χ2n) is 6.37. The predicted octanol–water partition coefficient (Wildman–Crippen LogP) is 1.97. The molecule has 0 bridgehead atoms. The van der Waals surface area contributed by atoms with Crippen molar-refractivity contribution in [2.75, 3.05) is 6.61 Å². The first kappa shape index (κ1) is 19.2. The van der Waals surface area contributed by atoms with Crippen molar-refractivity contribution in [3.63, 3.8) is 0 Å². The molecule has 1 aromatic heterocycles.